The van der Waals surface area contributed by atoms with Gasteiger partial charge in [0.2, 0.25) is 5.82 Å². The van der Waals surface area contributed by atoms with Gasteiger partial charge in [0.25, 0.3) is 0 Å². The maximum absolute atomic E-state index is 5.94. The zero-order valence-electron chi connectivity index (χ0n) is 13.5. The molecule has 0 bridgehead atoms. The van der Waals surface area contributed by atoms with Gasteiger partial charge in [0, 0.05) is 25.2 Å². The Kier molecular flexibility index (Phi) is 5.37. The first-order valence-electron chi connectivity index (χ1n) is 8.22. The lowest BCUT2D eigenvalue weighted by Crippen LogP contribution is -2.31. The molecule has 1 aromatic heterocycles. The topological polar surface area (TPSA) is 66.9 Å². The van der Waals surface area contributed by atoms with E-state index in [1.165, 1.54) is 5.56 Å². The molecule has 0 aliphatic carbocycles. The fourth-order valence-electron chi connectivity index (χ4n) is 2.86. The fraction of sp³-hybridized carbons (Fsp3) is 0.471. The van der Waals surface area contributed by atoms with Gasteiger partial charge in [0.1, 0.15) is 5.75 Å². The zero-order chi connectivity index (χ0) is 15.9. The molecule has 1 aliphatic heterocycles. The molecule has 0 atom stereocenters. The monoisotopic (exact) mass is 313 g/mol. The van der Waals surface area contributed by atoms with E-state index in [4.69, 9.17) is 4.74 Å². The van der Waals surface area contributed by atoms with Crippen molar-refractivity contribution in [2.75, 3.05) is 26.2 Å². The Labute approximate surface area is 136 Å². The molecule has 0 unspecified atom stereocenters. The molecule has 23 heavy (non-hydrogen) atoms. The molecule has 0 radical (unpaired) electrons. The van der Waals surface area contributed by atoms with Crippen LogP contribution in [0, 0.1) is 0 Å². The number of para-hydroxylation sites is 1. The van der Waals surface area contributed by atoms with E-state index in [1.54, 1.807) is 0 Å². The normalized spacial score (nSPS) is 15.4. The number of hydrogen-bond donors (Lipinski definition) is 1. The number of hydrogen-bond acceptors (Lipinski definition) is 5. The van der Waals surface area contributed by atoms with Gasteiger partial charge in [0.15, 0.2) is 0 Å². The fourth-order valence-corrected chi connectivity index (χ4v) is 2.86. The van der Waals surface area contributed by atoms with Crippen LogP contribution < -0.4 is 4.74 Å². The molecule has 0 spiro atoms. The average molecular weight is 313 g/mol. The van der Waals surface area contributed by atoms with Crippen LogP contribution in [0.25, 0.3) is 5.57 Å². The Balaban J connectivity index is 1.44. The Morgan fingerprint density at radius 3 is 3.04 bits per heavy atom. The van der Waals surface area contributed by atoms with Crippen molar-refractivity contribution in [3.05, 3.63) is 41.7 Å². The van der Waals surface area contributed by atoms with E-state index >= 15 is 0 Å². The second kappa shape index (κ2) is 7.87. The van der Waals surface area contributed by atoms with Crippen LogP contribution in [0.15, 0.2) is 30.3 Å². The number of aromatic nitrogens is 4. The van der Waals surface area contributed by atoms with Crippen molar-refractivity contribution in [2.45, 2.75) is 26.2 Å². The average Bonchev–Trinajstić information content (AvgIpc) is 3.14. The largest absolute Gasteiger partial charge is 0.493 e. The summed E-state index contributed by atoms with van der Waals surface area (Å²) in [6, 6.07) is 8.27. The minimum atomic E-state index is 0.711. The molecule has 0 fully saturated rings. The van der Waals surface area contributed by atoms with E-state index < -0.39 is 0 Å². The summed E-state index contributed by atoms with van der Waals surface area (Å²) < 4.78 is 5.94. The number of aryl methyl sites for hydroxylation is 1. The van der Waals surface area contributed by atoms with Gasteiger partial charge in [-0.2, -0.15) is 5.21 Å². The maximum Gasteiger partial charge on any atom is 0.201 e. The summed E-state index contributed by atoms with van der Waals surface area (Å²) in [5.41, 5.74) is 2.43. The molecule has 122 valence electrons. The predicted molar refractivity (Wildman–Crippen MR) is 89.1 cm³/mol. The molecule has 0 amide bonds. The van der Waals surface area contributed by atoms with E-state index in [9.17, 15) is 0 Å². The minimum absolute atomic E-state index is 0.711. The van der Waals surface area contributed by atoms with Gasteiger partial charge in [-0.25, -0.2) is 0 Å². The lowest BCUT2D eigenvalue weighted by Gasteiger charge is -2.26. The molecule has 1 aliphatic rings. The van der Waals surface area contributed by atoms with Gasteiger partial charge in [-0.05, 0) is 36.1 Å². The van der Waals surface area contributed by atoms with Crippen molar-refractivity contribution in [2.24, 2.45) is 0 Å². The summed E-state index contributed by atoms with van der Waals surface area (Å²) in [5.74, 6) is 1.73. The molecule has 6 nitrogen and oxygen atoms in total. The quantitative estimate of drug-likeness (QED) is 0.795. The first-order valence-corrected chi connectivity index (χ1v) is 8.22. The van der Waals surface area contributed by atoms with Gasteiger partial charge < -0.3 is 4.74 Å². The van der Waals surface area contributed by atoms with Gasteiger partial charge in [-0.1, -0.05) is 31.2 Å². The molecular weight excluding hydrogens is 290 g/mol. The molecule has 1 N–H and O–H groups in total. The summed E-state index contributed by atoms with van der Waals surface area (Å²) in [4.78, 5) is 2.42. The first-order chi connectivity index (χ1) is 11.4. The van der Waals surface area contributed by atoms with E-state index in [0.29, 0.717) is 5.82 Å². The van der Waals surface area contributed by atoms with E-state index in [1.807, 2.05) is 6.07 Å². The van der Waals surface area contributed by atoms with Crippen LogP contribution in [0.1, 0.15) is 31.2 Å². The third kappa shape index (κ3) is 4.16. The summed E-state index contributed by atoms with van der Waals surface area (Å²) in [5, 5.41) is 14.3. The maximum atomic E-state index is 5.94. The van der Waals surface area contributed by atoms with Crippen molar-refractivity contribution >= 4 is 5.57 Å². The summed E-state index contributed by atoms with van der Waals surface area (Å²) in [6.07, 6.45) is 5.25. The van der Waals surface area contributed by atoms with Crippen LogP contribution in [0.2, 0.25) is 0 Å². The van der Waals surface area contributed by atoms with Crippen LogP contribution in [0.3, 0.4) is 0 Å². The molecule has 2 heterocycles. The number of nitrogens with one attached hydrogen (secondary N) is 1. The highest BCUT2D eigenvalue weighted by molar-refractivity contribution is 5.61. The second-order valence-electron chi connectivity index (χ2n) is 5.69. The van der Waals surface area contributed by atoms with Gasteiger partial charge >= 0.3 is 0 Å². The van der Waals surface area contributed by atoms with Crippen molar-refractivity contribution in [3.63, 3.8) is 0 Å². The van der Waals surface area contributed by atoms with E-state index in [-0.39, 0.29) is 0 Å². The molecule has 6 heteroatoms. The van der Waals surface area contributed by atoms with Crippen molar-refractivity contribution in [1.82, 2.24) is 25.5 Å². The molecule has 3 rings (SSSR count). The molecule has 1 aromatic carbocycles. The van der Waals surface area contributed by atoms with Crippen molar-refractivity contribution in [1.29, 1.82) is 0 Å². The third-order valence-electron chi connectivity index (χ3n) is 4.09. The van der Waals surface area contributed by atoms with E-state index in [2.05, 4.69) is 56.7 Å². The number of nitrogens with zero attached hydrogens (tertiary/aromatic N) is 4. The SMILES string of the molecule is CCc1ccccc1OCCCN1CCC=C(c2nn[nH]n2)C1. The van der Waals surface area contributed by atoms with Crippen LogP contribution in [-0.4, -0.2) is 51.8 Å². The van der Waals surface area contributed by atoms with Gasteiger partial charge in [-0.15, -0.1) is 10.2 Å². The third-order valence-corrected chi connectivity index (χ3v) is 4.09. The molecule has 2 aromatic rings. The lowest BCUT2D eigenvalue weighted by molar-refractivity contribution is 0.248. The lowest BCUT2D eigenvalue weighted by atomic mass is 10.1. The van der Waals surface area contributed by atoms with Crippen LogP contribution >= 0.6 is 0 Å². The highest BCUT2D eigenvalue weighted by atomic mass is 16.5. The number of ether oxygens (including phenoxy) is 1. The summed E-state index contributed by atoms with van der Waals surface area (Å²) >= 11 is 0. The van der Waals surface area contributed by atoms with Crippen molar-refractivity contribution < 1.29 is 4.74 Å². The molecule has 0 saturated heterocycles. The molecule has 0 saturated carbocycles. The first kappa shape index (κ1) is 15.7. The zero-order valence-corrected chi connectivity index (χ0v) is 13.5. The second-order valence-corrected chi connectivity index (χ2v) is 5.69. The predicted octanol–water partition coefficient (Wildman–Crippen LogP) is 2.32. The number of rotatable bonds is 7. The van der Waals surface area contributed by atoms with Crippen molar-refractivity contribution in [3.8, 4) is 5.75 Å². The number of tetrazole rings is 1. The highest BCUT2D eigenvalue weighted by Crippen LogP contribution is 2.19. The van der Waals surface area contributed by atoms with Crippen LogP contribution in [0.4, 0.5) is 0 Å². The Morgan fingerprint density at radius 1 is 1.30 bits per heavy atom. The molecular formula is C17H23N5O. The summed E-state index contributed by atoms with van der Waals surface area (Å²) in [7, 11) is 0. The minimum Gasteiger partial charge on any atom is -0.493 e. The standard InChI is InChI=1S/C17H23N5O/c1-2-14-7-3-4-9-16(14)23-12-6-11-22-10-5-8-15(13-22)17-18-20-21-19-17/h3-4,7-9H,2,5-6,10-13H2,1H3,(H,18,19,20,21). The number of H-pyrrole nitrogens is 1. The van der Waals surface area contributed by atoms with Crippen LogP contribution in [-0.2, 0) is 6.42 Å². The van der Waals surface area contributed by atoms with Gasteiger partial charge in [0.05, 0.1) is 6.61 Å². The van der Waals surface area contributed by atoms with Crippen LogP contribution in [0.5, 0.6) is 5.75 Å². The Bertz CT molecular complexity index is 638. The smallest absolute Gasteiger partial charge is 0.201 e. The van der Waals surface area contributed by atoms with E-state index in [0.717, 1.165) is 56.8 Å². The Hall–Kier alpha value is -2.21. The number of aromatic amines is 1. The Morgan fingerprint density at radius 2 is 2.22 bits per heavy atom. The summed E-state index contributed by atoms with van der Waals surface area (Å²) in [6.45, 7) is 5.87. The van der Waals surface area contributed by atoms with Gasteiger partial charge in [-0.3, -0.25) is 4.90 Å². The number of benzene rings is 1. The highest BCUT2D eigenvalue weighted by Gasteiger charge is 2.16.